The molecular formula is C34H42N4O4. The van der Waals surface area contributed by atoms with Gasteiger partial charge in [-0.05, 0) is 87.7 Å². The minimum atomic E-state index is -0.555. The number of urea groups is 1. The SMILES string of the molecule is CC(=O)ON(C(=O)c1ccc(-c2ccc(CN(C)C)cc2)cc1NC(=O)Nc1c(C)cc(C)cc1C)C1CCCCC1. The van der Waals surface area contributed by atoms with Crippen molar-refractivity contribution >= 4 is 29.3 Å². The standard InChI is InChI=1S/C34H42N4O4/c1-22-18-23(2)32(24(3)19-22)36-34(41)35-31-20-28(27-14-12-26(13-15-27)21-37(5)6)16-17-30(31)33(40)38(42-25(4)39)29-10-8-7-9-11-29/h12-20,29H,7-11,21H2,1-6H3,(H2,35,36,41). The lowest BCUT2D eigenvalue weighted by molar-refractivity contribution is -0.185. The number of amides is 3. The number of rotatable bonds is 7. The first-order valence-electron chi connectivity index (χ1n) is 14.6. The molecule has 0 aromatic heterocycles. The Morgan fingerprint density at radius 1 is 0.833 bits per heavy atom. The number of anilines is 2. The molecule has 3 amide bonds. The molecule has 3 aromatic carbocycles. The normalized spacial score (nSPS) is 13.5. The van der Waals surface area contributed by atoms with Crippen LogP contribution in [0.15, 0.2) is 54.6 Å². The minimum absolute atomic E-state index is 0.210. The van der Waals surface area contributed by atoms with E-state index < -0.39 is 17.9 Å². The van der Waals surface area contributed by atoms with Gasteiger partial charge >= 0.3 is 12.0 Å². The quantitative estimate of drug-likeness (QED) is 0.292. The van der Waals surface area contributed by atoms with E-state index in [1.54, 1.807) is 12.1 Å². The van der Waals surface area contributed by atoms with Crippen LogP contribution in [0.1, 0.15) is 71.6 Å². The molecule has 0 unspecified atom stereocenters. The molecular weight excluding hydrogens is 528 g/mol. The zero-order chi connectivity index (χ0) is 30.4. The molecule has 0 saturated heterocycles. The molecule has 4 rings (SSSR count). The van der Waals surface area contributed by atoms with Gasteiger partial charge < -0.3 is 20.4 Å². The molecule has 8 nitrogen and oxygen atoms in total. The Labute approximate surface area is 249 Å². The van der Waals surface area contributed by atoms with Crippen LogP contribution in [0.4, 0.5) is 16.2 Å². The summed E-state index contributed by atoms with van der Waals surface area (Å²) in [7, 11) is 4.05. The number of hydroxylamine groups is 2. The molecule has 1 fully saturated rings. The summed E-state index contributed by atoms with van der Waals surface area (Å²) in [5.74, 6) is -1.01. The fraction of sp³-hybridized carbons (Fsp3) is 0.382. The predicted octanol–water partition coefficient (Wildman–Crippen LogP) is 7.24. The lowest BCUT2D eigenvalue weighted by Gasteiger charge is -2.32. The van der Waals surface area contributed by atoms with Gasteiger partial charge in [0.2, 0.25) is 0 Å². The van der Waals surface area contributed by atoms with Gasteiger partial charge in [-0.3, -0.25) is 9.59 Å². The molecule has 8 heteroatoms. The van der Waals surface area contributed by atoms with Crippen LogP contribution in [0.2, 0.25) is 0 Å². The van der Waals surface area contributed by atoms with Crippen molar-refractivity contribution in [3.63, 3.8) is 0 Å². The zero-order valence-corrected chi connectivity index (χ0v) is 25.5. The number of benzene rings is 3. The summed E-state index contributed by atoms with van der Waals surface area (Å²) < 4.78 is 0. The molecule has 0 radical (unpaired) electrons. The van der Waals surface area contributed by atoms with Gasteiger partial charge in [-0.15, -0.1) is 0 Å². The first kappa shape index (κ1) is 30.8. The molecule has 1 aliphatic carbocycles. The van der Waals surface area contributed by atoms with Crippen LogP contribution < -0.4 is 10.6 Å². The van der Waals surface area contributed by atoms with Crippen molar-refractivity contribution in [2.24, 2.45) is 0 Å². The van der Waals surface area contributed by atoms with E-state index in [2.05, 4.69) is 27.7 Å². The average Bonchev–Trinajstić information content (AvgIpc) is 2.94. The third-order valence-corrected chi connectivity index (χ3v) is 7.53. The Bertz CT molecular complexity index is 1420. The van der Waals surface area contributed by atoms with Crippen molar-refractivity contribution in [3.8, 4) is 11.1 Å². The summed E-state index contributed by atoms with van der Waals surface area (Å²) in [5.41, 5.74) is 7.30. The number of hydrogen-bond donors (Lipinski definition) is 2. The van der Waals surface area contributed by atoms with Crippen molar-refractivity contribution in [2.45, 2.75) is 72.4 Å². The number of aryl methyl sites for hydroxylation is 3. The fourth-order valence-corrected chi connectivity index (χ4v) is 5.68. The van der Waals surface area contributed by atoms with Gasteiger partial charge in [0.25, 0.3) is 5.91 Å². The Balaban J connectivity index is 1.70. The van der Waals surface area contributed by atoms with Gasteiger partial charge in [-0.25, -0.2) is 4.79 Å². The topological polar surface area (TPSA) is 91.0 Å². The van der Waals surface area contributed by atoms with E-state index in [0.717, 1.165) is 72.2 Å². The lowest BCUT2D eigenvalue weighted by Crippen LogP contribution is -2.42. The second kappa shape index (κ2) is 13.7. The smallest absolute Gasteiger partial charge is 0.329 e. The lowest BCUT2D eigenvalue weighted by atomic mass is 9.94. The van der Waals surface area contributed by atoms with E-state index in [9.17, 15) is 14.4 Å². The first-order chi connectivity index (χ1) is 20.0. The van der Waals surface area contributed by atoms with Crippen LogP contribution in [0.5, 0.6) is 0 Å². The molecule has 1 saturated carbocycles. The molecule has 0 spiro atoms. The van der Waals surface area contributed by atoms with Crippen molar-refractivity contribution in [2.75, 3.05) is 24.7 Å². The number of nitrogens with zero attached hydrogens (tertiary/aromatic N) is 2. The molecule has 0 aliphatic heterocycles. The Morgan fingerprint density at radius 2 is 1.45 bits per heavy atom. The van der Waals surface area contributed by atoms with E-state index in [-0.39, 0.29) is 11.6 Å². The summed E-state index contributed by atoms with van der Waals surface area (Å²) in [6.07, 6.45) is 4.52. The second-order valence-electron chi connectivity index (χ2n) is 11.6. The minimum Gasteiger partial charge on any atom is -0.338 e. The molecule has 0 heterocycles. The number of carbonyl (C=O) groups excluding carboxylic acids is 3. The summed E-state index contributed by atoms with van der Waals surface area (Å²) in [6.45, 7) is 8.04. The third-order valence-electron chi connectivity index (χ3n) is 7.53. The Hall–Kier alpha value is -4.17. The highest BCUT2D eigenvalue weighted by atomic mass is 16.7. The fourth-order valence-electron chi connectivity index (χ4n) is 5.68. The van der Waals surface area contributed by atoms with E-state index >= 15 is 0 Å². The monoisotopic (exact) mass is 570 g/mol. The molecule has 222 valence electrons. The summed E-state index contributed by atoms with van der Waals surface area (Å²) in [5, 5.41) is 7.10. The second-order valence-corrected chi connectivity index (χ2v) is 11.6. The van der Waals surface area contributed by atoms with E-state index in [4.69, 9.17) is 4.84 Å². The van der Waals surface area contributed by atoms with Crippen LogP contribution in [0, 0.1) is 20.8 Å². The van der Waals surface area contributed by atoms with Crippen molar-refractivity contribution < 1.29 is 19.2 Å². The first-order valence-corrected chi connectivity index (χ1v) is 14.6. The van der Waals surface area contributed by atoms with Crippen molar-refractivity contribution in [1.29, 1.82) is 0 Å². The highest BCUT2D eigenvalue weighted by Crippen LogP contribution is 2.31. The molecule has 2 N–H and O–H groups in total. The Morgan fingerprint density at radius 3 is 2.05 bits per heavy atom. The maximum Gasteiger partial charge on any atom is 0.329 e. The molecule has 0 bridgehead atoms. The summed E-state index contributed by atoms with van der Waals surface area (Å²) in [6, 6.07) is 16.9. The zero-order valence-electron chi connectivity index (χ0n) is 25.5. The van der Waals surface area contributed by atoms with Crippen molar-refractivity contribution in [3.05, 3.63) is 82.4 Å². The molecule has 3 aromatic rings. The molecule has 0 atom stereocenters. The maximum atomic E-state index is 14.0. The van der Waals surface area contributed by atoms with Gasteiger partial charge in [0.1, 0.15) is 0 Å². The highest BCUT2D eigenvalue weighted by molar-refractivity contribution is 6.07. The maximum absolute atomic E-state index is 14.0. The van der Waals surface area contributed by atoms with E-state index in [0.29, 0.717) is 5.69 Å². The average molecular weight is 571 g/mol. The highest BCUT2D eigenvalue weighted by Gasteiger charge is 2.31. The van der Waals surface area contributed by atoms with Crippen molar-refractivity contribution in [1.82, 2.24) is 9.96 Å². The van der Waals surface area contributed by atoms with E-state index in [1.165, 1.54) is 17.6 Å². The Kier molecular flexibility index (Phi) is 10.0. The molecule has 1 aliphatic rings. The number of hydrogen-bond acceptors (Lipinski definition) is 5. The number of nitrogens with one attached hydrogen (secondary N) is 2. The van der Waals surface area contributed by atoms with Gasteiger partial charge in [-0.2, -0.15) is 5.06 Å². The van der Waals surface area contributed by atoms with E-state index in [1.807, 2.05) is 65.2 Å². The predicted molar refractivity (Wildman–Crippen MR) is 167 cm³/mol. The summed E-state index contributed by atoms with van der Waals surface area (Å²) in [4.78, 5) is 46.9. The van der Waals surface area contributed by atoms with Gasteiger partial charge in [0, 0.05) is 19.2 Å². The van der Waals surface area contributed by atoms with Gasteiger partial charge in [0.15, 0.2) is 0 Å². The number of carbonyl (C=O) groups is 3. The largest absolute Gasteiger partial charge is 0.338 e. The van der Waals surface area contributed by atoms with Crippen LogP contribution in [-0.4, -0.2) is 48.0 Å². The van der Waals surface area contributed by atoms with Crippen LogP contribution in [0.25, 0.3) is 11.1 Å². The van der Waals surface area contributed by atoms with Crippen LogP contribution >= 0.6 is 0 Å². The van der Waals surface area contributed by atoms with Gasteiger partial charge in [0.05, 0.1) is 17.3 Å². The van der Waals surface area contributed by atoms with Crippen LogP contribution in [-0.2, 0) is 16.2 Å². The van der Waals surface area contributed by atoms with Crippen LogP contribution in [0.3, 0.4) is 0 Å². The summed E-state index contributed by atoms with van der Waals surface area (Å²) >= 11 is 0. The third kappa shape index (κ3) is 7.76. The molecule has 42 heavy (non-hydrogen) atoms. The van der Waals surface area contributed by atoms with Gasteiger partial charge in [-0.1, -0.05) is 67.3 Å².